The van der Waals surface area contributed by atoms with Crippen LogP contribution >= 0.6 is 0 Å². The van der Waals surface area contributed by atoms with E-state index in [0.717, 1.165) is 39.3 Å². The molecule has 144 valence electrons. The Hall–Kier alpha value is -2.83. The van der Waals surface area contributed by atoms with Crippen molar-refractivity contribution in [1.82, 2.24) is 0 Å². The number of nitrogens with two attached hydrogens (primary N) is 1. The molecule has 1 heterocycles. The highest BCUT2D eigenvalue weighted by atomic mass is 32.2. The number of methoxy groups -OCH3 is 1. The van der Waals surface area contributed by atoms with Crippen LogP contribution < -0.4 is 14.6 Å². The normalized spacial score (nSPS) is 15.3. The Balaban J connectivity index is 1.85. The second-order valence-electron chi connectivity index (χ2n) is 6.78. The van der Waals surface area contributed by atoms with Crippen LogP contribution in [-0.2, 0) is 16.4 Å². The molecule has 1 aliphatic heterocycles. The molecule has 1 atom stereocenters. The summed E-state index contributed by atoms with van der Waals surface area (Å²) in [6, 6.07) is 21.7. The summed E-state index contributed by atoms with van der Waals surface area (Å²) >= 11 is 0. The van der Waals surface area contributed by atoms with Gasteiger partial charge in [0.2, 0.25) is 10.0 Å². The fourth-order valence-corrected chi connectivity index (χ4v) is 4.10. The number of hydrogen-bond acceptors (Lipinski definition) is 4. The fraction of sp³-hybridized carbons (Fsp3) is 0.182. The van der Waals surface area contributed by atoms with Gasteiger partial charge in [-0.15, -0.1) is 0 Å². The number of sulfonamides is 1. The molecule has 0 aliphatic carbocycles. The van der Waals surface area contributed by atoms with Crippen LogP contribution in [0.4, 0.5) is 0 Å². The van der Waals surface area contributed by atoms with Crippen molar-refractivity contribution >= 4 is 10.0 Å². The smallest absolute Gasteiger partial charge is 0.209 e. The average molecular weight is 395 g/mol. The van der Waals surface area contributed by atoms with Gasteiger partial charge in [0.1, 0.15) is 17.6 Å². The van der Waals surface area contributed by atoms with E-state index in [9.17, 15) is 8.42 Å². The third-order valence-corrected chi connectivity index (χ3v) is 5.67. The van der Waals surface area contributed by atoms with Crippen LogP contribution in [0.1, 0.15) is 22.8 Å². The maximum atomic E-state index is 11.4. The van der Waals surface area contributed by atoms with Crippen molar-refractivity contribution in [3.05, 3.63) is 83.4 Å². The third kappa shape index (κ3) is 3.61. The fourth-order valence-electron chi connectivity index (χ4n) is 3.58. The van der Waals surface area contributed by atoms with Gasteiger partial charge < -0.3 is 9.47 Å². The van der Waals surface area contributed by atoms with Crippen LogP contribution in [0.15, 0.2) is 66.7 Å². The van der Waals surface area contributed by atoms with Crippen LogP contribution in [0.2, 0.25) is 0 Å². The van der Waals surface area contributed by atoms with Crippen molar-refractivity contribution < 1.29 is 17.9 Å². The minimum absolute atomic E-state index is 0.0947. The van der Waals surface area contributed by atoms with Gasteiger partial charge in [0.05, 0.1) is 18.4 Å². The highest BCUT2D eigenvalue weighted by Gasteiger charge is 2.29. The molecule has 2 N–H and O–H groups in total. The van der Waals surface area contributed by atoms with E-state index in [2.05, 4.69) is 0 Å². The summed E-state index contributed by atoms with van der Waals surface area (Å²) in [6.45, 7) is 0. The third-order valence-electron chi connectivity index (χ3n) is 4.90. The van der Waals surface area contributed by atoms with Gasteiger partial charge in [-0.2, -0.15) is 0 Å². The first-order valence-electron chi connectivity index (χ1n) is 8.98. The summed E-state index contributed by atoms with van der Waals surface area (Å²) < 4.78 is 34.6. The Kier molecular flexibility index (Phi) is 4.83. The second kappa shape index (κ2) is 7.30. The van der Waals surface area contributed by atoms with Gasteiger partial charge in [0, 0.05) is 5.56 Å². The maximum absolute atomic E-state index is 11.4. The van der Waals surface area contributed by atoms with E-state index in [1.54, 1.807) is 7.11 Å². The molecule has 1 unspecified atom stereocenters. The molecular formula is C22H21NO4S. The quantitative estimate of drug-likeness (QED) is 0.715. The molecule has 0 saturated heterocycles. The molecule has 5 nitrogen and oxygen atoms in total. The van der Waals surface area contributed by atoms with Gasteiger partial charge in [-0.1, -0.05) is 54.6 Å². The van der Waals surface area contributed by atoms with E-state index >= 15 is 0 Å². The lowest BCUT2D eigenvalue weighted by molar-refractivity contribution is 0.242. The predicted molar refractivity (Wildman–Crippen MR) is 109 cm³/mol. The zero-order valence-electron chi connectivity index (χ0n) is 15.5. The Morgan fingerprint density at radius 1 is 1.04 bits per heavy atom. The zero-order valence-corrected chi connectivity index (χ0v) is 16.3. The van der Waals surface area contributed by atoms with Crippen molar-refractivity contribution in [2.75, 3.05) is 12.9 Å². The lowest BCUT2D eigenvalue weighted by Gasteiger charge is -2.30. The van der Waals surface area contributed by atoms with Crippen LogP contribution in [0.25, 0.3) is 11.1 Å². The number of ether oxygens (including phenoxy) is 2. The average Bonchev–Trinajstić information content (AvgIpc) is 2.71. The molecule has 0 aromatic heterocycles. The van der Waals surface area contributed by atoms with E-state index in [4.69, 9.17) is 14.6 Å². The van der Waals surface area contributed by atoms with E-state index in [1.807, 2.05) is 66.7 Å². The summed E-state index contributed by atoms with van der Waals surface area (Å²) in [5.74, 6) is 1.41. The molecule has 0 saturated carbocycles. The van der Waals surface area contributed by atoms with E-state index in [1.165, 1.54) is 0 Å². The molecular weight excluding hydrogens is 374 g/mol. The minimum Gasteiger partial charge on any atom is -0.496 e. The lowest BCUT2D eigenvalue weighted by Crippen LogP contribution is -2.19. The van der Waals surface area contributed by atoms with E-state index in [-0.39, 0.29) is 11.9 Å². The summed E-state index contributed by atoms with van der Waals surface area (Å²) in [4.78, 5) is 0. The highest BCUT2D eigenvalue weighted by molar-refractivity contribution is 7.89. The molecule has 6 heteroatoms. The molecule has 1 aliphatic rings. The largest absolute Gasteiger partial charge is 0.496 e. The standard InChI is InChI=1S/C22H21NO4S/c1-26-19-8-5-9-20-21(19)17-11-10-15(12-13-28(23,24)25)14-18(17)22(27-20)16-6-3-2-4-7-16/h2-11,14,22H,12-13H2,1H3,(H2,23,24,25). The van der Waals surface area contributed by atoms with E-state index in [0.29, 0.717) is 6.42 Å². The van der Waals surface area contributed by atoms with Gasteiger partial charge in [-0.3, -0.25) is 0 Å². The van der Waals surface area contributed by atoms with Gasteiger partial charge in [0.25, 0.3) is 0 Å². The molecule has 3 aromatic rings. The van der Waals surface area contributed by atoms with Crippen molar-refractivity contribution in [2.24, 2.45) is 5.14 Å². The van der Waals surface area contributed by atoms with Crippen LogP contribution in [-0.4, -0.2) is 21.3 Å². The monoisotopic (exact) mass is 395 g/mol. The first-order chi connectivity index (χ1) is 13.5. The molecule has 4 rings (SSSR count). The lowest BCUT2D eigenvalue weighted by atomic mass is 9.87. The number of aryl methyl sites for hydroxylation is 1. The Labute approximate surface area is 164 Å². The van der Waals surface area contributed by atoms with Crippen molar-refractivity contribution in [2.45, 2.75) is 12.5 Å². The Morgan fingerprint density at radius 3 is 2.54 bits per heavy atom. The van der Waals surface area contributed by atoms with Crippen LogP contribution in [0.3, 0.4) is 0 Å². The van der Waals surface area contributed by atoms with E-state index < -0.39 is 10.0 Å². The van der Waals surface area contributed by atoms with Gasteiger partial charge in [0.15, 0.2) is 0 Å². The molecule has 3 aromatic carbocycles. The minimum atomic E-state index is -3.52. The Morgan fingerprint density at radius 2 is 1.82 bits per heavy atom. The first-order valence-corrected chi connectivity index (χ1v) is 10.7. The number of fused-ring (bicyclic) bond motifs is 3. The highest BCUT2D eigenvalue weighted by Crippen LogP contribution is 2.48. The second-order valence-corrected chi connectivity index (χ2v) is 8.51. The number of hydrogen-bond donors (Lipinski definition) is 1. The molecule has 0 bridgehead atoms. The summed E-state index contributed by atoms with van der Waals surface area (Å²) in [6.07, 6.45) is 0.0668. The SMILES string of the molecule is COc1cccc2c1-c1ccc(CCS(N)(=O)=O)cc1C(c1ccccc1)O2. The first kappa shape index (κ1) is 18.5. The summed E-state index contributed by atoms with van der Waals surface area (Å²) in [5, 5.41) is 5.17. The van der Waals surface area contributed by atoms with Crippen molar-refractivity contribution in [3.63, 3.8) is 0 Å². The summed E-state index contributed by atoms with van der Waals surface area (Å²) in [5.41, 5.74) is 4.84. The molecule has 0 fully saturated rings. The summed E-state index contributed by atoms with van der Waals surface area (Å²) in [7, 11) is -1.88. The van der Waals surface area contributed by atoms with Crippen LogP contribution in [0.5, 0.6) is 11.5 Å². The Bertz CT molecular complexity index is 1110. The number of benzene rings is 3. The molecule has 0 amide bonds. The maximum Gasteiger partial charge on any atom is 0.209 e. The molecule has 0 spiro atoms. The topological polar surface area (TPSA) is 78.6 Å². The van der Waals surface area contributed by atoms with Crippen LogP contribution in [0, 0.1) is 0 Å². The number of rotatable bonds is 5. The predicted octanol–water partition coefficient (Wildman–Crippen LogP) is 3.68. The molecule has 0 radical (unpaired) electrons. The number of primary sulfonamides is 1. The van der Waals surface area contributed by atoms with Crippen molar-refractivity contribution in [1.29, 1.82) is 0 Å². The van der Waals surface area contributed by atoms with Gasteiger partial charge in [-0.25, -0.2) is 13.6 Å². The van der Waals surface area contributed by atoms with Crippen molar-refractivity contribution in [3.8, 4) is 22.6 Å². The van der Waals surface area contributed by atoms with Gasteiger partial charge in [-0.05, 0) is 35.2 Å². The van der Waals surface area contributed by atoms with Gasteiger partial charge >= 0.3 is 0 Å². The molecule has 28 heavy (non-hydrogen) atoms. The zero-order chi connectivity index (χ0) is 19.7.